The summed E-state index contributed by atoms with van der Waals surface area (Å²) < 4.78 is 1.95. The Morgan fingerprint density at radius 3 is 2.72 bits per heavy atom. The molecule has 0 unspecified atom stereocenters. The Kier molecular flexibility index (Phi) is 3.43. The van der Waals surface area contributed by atoms with Crippen molar-refractivity contribution in [3.63, 3.8) is 0 Å². The SMILES string of the molecule is C[C@@H]1C(=O)C(C#N)=C[C@]2(C)c3nn(C)c(-c4ccccc4)c3CC[C@@H]12. The summed E-state index contributed by atoms with van der Waals surface area (Å²) in [6, 6.07) is 12.4. The number of nitriles is 1. The van der Waals surface area contributed by atoms with Gasteiger partial charge in [0.05, 0.1) is 17.0 Å². The third-order valence-electron chi connectivity index (χ3n) is 6.03. The maximum atomic E-state index is 12.4. The Morgan fingerprint density at radius 2 is 2.04 bits per heavy atom. The summed E-state index contributed by atoms with van der Waals surface area (Å²) in [5, 5.41) is 14.3. The second-order valence-corrected chi connectivity index (χ2v) is 7.42. The average molecular weight is 331 g/mol. The smallest absolute Gasteiger partial charge is 0.176 e. The van der Waals surface area contributed by atoms with Crippen LogP contribution in [-0.4, -0.2) is 15.6 Å². The lowest BCUT2D eigenvalue weighted by atomic mass is 9.58. The van der Waals surface area contributed by atoms with Crippen molar-refractivity contribution < 1.29 is 4.79 Å². The average Bonchev–Trinajstić information content (AvgIpc) is 2.96. The molecule has 3 atom stereocenters. The van der Waals surface area contributed by atoms with Crippen LogP contribution in [0.15, 0.2) is 42.0 Å². The first-order chi connectivity index (χ1) is 12.0. The zero-order chi connectivity index (χ0) is 17.8. The van der Waals surface area contributed by atoms with Gasteiger partial charge in [-0.1, -0.05) is 50.3 Å². The van der Waals surface area contributed by atoms with Crippen molar-refractivity contribution in [1.82, 2.24) is 9.78 Å². The standard InChI is InChI=1S/C21H21N3O/c1-13-17-10-9-16-18(14-7-5-4-6-8-14)24(3)23-20(16)21(17,2)11-15(12-22)19(13)25/h4-8,11,13,17H,9-10H2,1-3H3/t13-,17-,21-/m0/s1. The highest BCUT2D eigenvalue weighted by atomic mass is 16.1. The van der Waals surface area contributed by atoms with Gasteiger partial charge >= 0.3 is 0 Å². The van der Waals surface area contributed by atoms with Gasteiger partial charge in [-0.05, 0) is 18.8 Å². The molecule has 0 radical (unpaired) electrons. The van der Waals surface area contributed by atoms with E-state index in [0.717, 1.165) is 29.8 Å². The molecular weight excluding hydrogens is 310 g/mol. The first kappa shape index (κ1) is 15.8. The van der Waals surface area contributed by atoms with E-state index in [1.54, 1.807) is 0 Å². The summed E-state index contributed by atoms with van der Waals surface area (Å²) in [6.07, 6.45) is 3.73. The molecule has 0 fully saturated rings. The van der Waals surface area contributed by atoms with E-state index in [1.807, 2.05) is 42.9 Å². The number of hydrogen-bond acceptors (Lipinski definition) is 3. The van der Waals surface area contributed by atoms with Crippen molar-refractivity contribution in [1.29, 1.82) is 5.26 Å². The van der Waals surface area contributed by atoms with Crippen LogP contribution in [0.4, 0.5) is 0 Å². The van der Waals surface area contributed by atoms with Crippen molar-refractivity contribution in [2.24, 2.45) is 18.9 Å². The molecule has 1 aromatic heterocycles. The minimum Gasteiger partial charge on any atom is -0.293 e. The monoisotopic (exact) mass is 331 g/mol. The number of Topliss-reactive ketones (excluding diaryl/α,β-unsaturated/α-hetero) is 1. The lowest BCUT2D eigenvalue weighted by molar-refractivity contribution is -0.121. The number of aryl methyl sites for hydroxylation is 1. The fourth-order valence-corrected chi connectivity index (χ4v) is 4.80. The van der Waals surface area contributed by atoms with Crippen LogP contribution in [0.3, 0.4) is 0 Å². The number of nitrogens with zero attached hydrogens (tertiary/aromatic N) is 3. The third-order valence-corrected chi connectivity index (χ3v) is 6.03. The molecule has 2 aliphatic rings. The number of rotatable bonds is 1. The van der Waals surface area contributed by atoms with E-state index in [0.29, 0.717) is 0 Å². The van der Waals surface area contributed by atoms with Crippen LogP contribution in [0.2, 0.25) is 0 Å². The second-order valence-electron chi connectivity index (χ2n) is 7.42. The zero-order valence-corrected chi connectivity index (χ0v) is 14.8. The van der Waals surface area contributed by atoms with Crippen LogP contribution in [0.5, 0.6) is 0 Å². The molecule has 2 aromatic rings. The maximum absolute atomic E-state index is 12.4. The fraction of sp³-hybridized carbons (Fsp3) is 0.381. The van der Waals surface area contributed by atoms with Gasteiger partial charge in [0, 0.05) is 29.5 Å². The van der Waals surface area contributed by atoms with Gasteiger partial charge in [-0.3, -0.25) is 9.48 Å². The number of carbonyl (C=O) groups excluding carboxylic acids is 1. The van der Waals surface area contributed by atoms with E-state index in [2.05, 4.69) is 25.1 Å². The topological polar surface area (TPSA) is 58.7 Å². The first-order valence-corrected chi connectivity index (χ1v) is 8.76. The summed E-state index contributed by atoms with van der Waals surface area (Å²) in [6.45, 7) is 4.10. The van der Waals surface area contributed by atoms with Crippen LogP contribution in [0.1, 0.15) is 31.5 Å². The highest BCUT2D eigenvalue weighted by Crippen LogP contribution is 2.50. The summed E-state index contributed by atoms with van der Waals surface area (Å²) in [5.74, 6) is 0.0377. The molecule has 0 amide bonds. The summed E-state index contributed by atoms with van der Waals surface area (Å²) >= 11 is 0. The van der Waals surface area contributed by atoms with Crippen LogP contribution in [0, 0.1) is 23.2 Å². The molecule has 4 heteroatoms. The normalized spacial score (nSPS) is 27.9. The Hall–Kier alpha value is -2.67. The lowest BCUT2D eigenvalue weighted by Crippen LogP contribution is -2.45. The van der Waals surface area contributed by atoms with E-state index in [-0.39, 0.29) is 28.6 Å². The molecule has 0 N–H and O–H groups in total. The van der Waals surface area contributed by atoms with E-state index in [9.17, 15) is 10.1 Å². The first-order valence-electron chi connectivity index (χ1n) is 8.76. The largest absolute Gasteiger partial charge is 0.293 e. The van der Waals surface area contributed by atoms with Gasteiger partial charge in [0.1, 0.15) is 6.07 Å². The maximum Gasteiger partial charge on any atom is 0.176 e. The third kappa shape index (κ3) is 2.12. The van der Waals surface area contributed by atoms with Gasteiger partial charge in [-0.2, -0.15) is 10.4 Å². The molecular formula is C21H21N3O. The quantitative estimate of drug-likeness (QED) is 0.802. The minimum atomic E-state index is -0.364. The number of benzene rings is 1. The van der Waals surface area contributed by atoms with Gasteiger partial charge in [-0.25, -0.2) is 0 Å². The van der Waals surface area contributed by atoms with Gasteiger partial charge < -0.3 is 0 Å². The van der Waals surface area contributed by atoms with Gasteiger partial charge in [0.25, 0.3) is 0 Å². The summed E-state index contributed by atoms with van der Waals surface area (Å²) in [5.41, 5.74) is 4.50. The van der Waals surface area contributed by atoms with E-state index >= 15 is 0 Å². The molecule has 4 rings (SSSR count). The Labute approximate surface area is 147 Å². The molecule has 2 aliphatic carbocycles. The van der Waals surface area contributed by atoms with E-state index in [1.165, 1.54) is 5.56 Å². The Bertz CT molecular complexity index is 932. The van der Waals surface area contributed by atoms with Crippen molar-refractivity contribution >= 4 is 5.78 Å². The molecule has 0 bridgehead atoms. The van der Waals surface area contributed by atoms with Gasteiger partial charge in [0.15, 0.2) is 5.78 Å². The minimum absolute atomic E-state index is 0.0207. The predicted octanol–water partition coefficient (Wildman–Crippen LogP) is 3.58. The number of aromatic nitrogens is 2. The number of fused-ring (bicyclic) bond motifs is 3. The van der Waals surface area contributed by atoms with E-state index < -0.39 is 0 Å². The molecule has 0 saturated carbocycles. The zero-order valence-electron chi connectivity index (χ0n) is 14.8. The van der Waals surface area contributed by atoms with Crippen molar-refractivity contribution in [2.75, 3.05) is 0 Å². The van der Waals surface area contributed by atoms with Crippen molar-refractivity contribution in [3.8, 4) is 17.3 Å². The van der Waals surface area contributed by atoms with Crippen LogP contribution in [0.25, 0.3) is 11.3 Å². The Morgan fingerprint density at radius 1 is 1.32 bits per heavy atom. The van der Waals surface area contributed by atoms with Crippen LogP contribution >= 0.6 is 0 Å². The van der Waals surface area contributed by atoms with E-state index in [4.69, 9.17) is 5.10 Å². The fourth-order valence-electron chi connectivity index (χ4n) is 4.80. The molecule has 1 heterocycles. The molecule has 25 heavy (non-hydrogen) atoms. The van der Waals surface area contributed by atoms with Gasteiger partial charge in [-0.15, -0.1) is 0 Å². The molecule has 1 aromatic carbocycles. The van der Waals surface area contributed by atoms with Crippen molar-refractivity contribution in [3.05, 3.63) is 53.2 Å². The van der Waals surface area contributed by atoms with Crippen LogP contribution < -0.4 is 0 Å². The number of carbonyl (C=O) groups is 1. The summed E-state index contributed by atoms with van der Waals surface area (Å²) in [4.78, 5) is 12.4. The van der Waals surface area contributed by atoms with Gasteiger partial charge in [0.2, 0.25) is 0 Å². The molecule has 126 valence electrons. The Balaban J connectivity index is 1.94. The second kappa shape index (κ2) is 5.42. The number of hydrogen-bond donors (Lipinski definition) is 0. The highest BCUT2D eigenvalue weighted by molar-refractivity contribution is 6.02. The molecule has 0 saturated heterocycles. The molecule has 4 nitrogen and oxygen atoms in total. The lowest BCUT2D eigenvalue weighted by Gasteiger charge is -2.44. The highest BCUT2D eigenvalue weighted by Gasteiger charge is 2.50. The predicted molar refractivity (Wildman–Crippen MR) is 95.7 cm³/mol. The van der Waals surface area contributed by atoms with Crippen LogP contribution in [-0.2, 0) is 23.7 Å². The molecule has 0 aliphatic heterocycles. The number of ketones is 1. The summed E-state index contributed by atoms with van der Waals surface area (Å²) in [7, 11) is 1.98. The molecule has 0 spiro atoms. The number of allylic oxidation sites excluding steroid dienone is 2. The van der Waals surface area contributed by atoms with Crippen molar-refractivity contribution in [2.45, 2.75) is 32.1 Å².